The van der Waals surface area contributed by atoms with E-state index < -0.39 is 6.10 Å². The van der Waals surface area contributed by atoms with Crippen molar-refractivity contribution in [3.63, 3.8) is 0 Å². The standard InChI is InChI=1S/C9H15NO3/c1-3-10-6-4-5-8(9(10)12)13-7(2)11/h8H,3-6H2,1-2H3. The molecule has 1 atom stereocenters. The minimum absolute atomic E-state index is 0.0519. The van der Waals surface area contributed by atoms with Crippen LogP contribution in [-0.2, 0) is 14.3 Å². The molecule has 1 fully saturated rings. The first-order valence-electron chi connectivity index (χ1n) is 4.61. The van der Waals surface area contributed by atoms with Gasteiger partial charge in [-0.05, 0) is 19.8 Å². The molecule has 1 saturated heterocycles. The summed E-state index contributed by atoms with van der Waals surface area (Å²) >= 11 is 0. The van der Waals surface area contributed by atoms with Crippen LogP contribution >= 0.6 is 0 Å². The molecule has 0 aliphatic carbocycles. The third kappa shape index (κ3) is 2.44. The molecule has 4 nitrogen and oxygen atoms in total. The van der Waals surface area contributed by atoms with E-state index in [9.17, 15) is 9.59 Å². The van der Waals surface area contributed by atoms with Crippen molar-refractivity contribution in [2.75, 3.05) is 13.1 Å². The van der Waals surface area contributed by atoms with Gasteiger partial charge in [0, 0.05) is 20.0 Å². The lowest BCUT2D eigenvalue weighted by Gasteiger charge is -2.30. The van der Waals surface area contributed by atoms with E-state index in [0.29, 0.717) is 13.0 Å². The first kappa shape index (κ1) is 10.0. The van der Waals surface area contributed by atoms with Gasteiger partial charge in [0.1, 0.15) is 0 Å². The zero-order chi connectivity index (χ0) is 9.84. The maximum atomic E-state index is 11.5. The van der Waals surface area contributed by atoms with Crippen LogP contribution in [0.25, 0.3) is 0 Å². The van der Waals surface area contributed by atoms with E-state index in [4.69, 9.17) is 4.74 Å². The van der Waals surface area contributed by atoms with Gasteiger partial charge in [-0.25, -0.2) is 0 Å². The third-order valence-corrected chi connectivity index (χ3v) is 2.17. The highest BCUT2D eigenvalue weighted by molar-refractivity contribution is 5.84. The number of rotatable bonds is 2. The minimum Gasteiger partial charge on any atom is -0.452 e. The van der Waals surface area contributed by atoms with Gasteiger partial charge < -0.3 is 9.64 Å². The number of likely N-dealkylation sites (tertiary alicyclic amines) is 1. The van der Waals surface area contributed by atoms with Gasteiger partial charge in [0.15, 0.2) is 6.10 Å². The molecule has 1 amide bonds. The molecule has 0 radical (unpaired) electrons. The summed E-state index contributed by atoms with van der Waals surface area (Å²) in [6, 6.07) is 0. The van der Waals surface area contributed by atoms with Crippen LogP contribution in [0.1, 0.15) is 26.7 Å². The van der Waals surface area contributed by atoms with Crippen LogP contribution in [0.2, 0.25) is 0 Å². The van der Waals surface area contributed by atoms with E-state index in [1.807, 2.05) is 6.92 Å². The fourth-order valence-corrected chi connectivity index (χ4v) is 1.53. The van der Waals surface area contributed by atoms with Crippen LogP contribution in [0.15, 0.2) is 0 Å². The van der Waals surface area contributed by atoms with Crippen molar-refractivity contribution in [3.8, 4) is 0 Å². The Morgan fingerprint density at radius 2 is 2.38 bits per heavy atom. The van der Waals surface area contributed by atoms with Gasteiger partial charge in [0.25, 0.3) is 5.91 Å². The highest BCUT2D eigenvalue weighted by Gasteiger charge is 2.29. The maximum Gasteiger partial charge on any atom is 0.303 e. The van der Waals surface area contributed by atoms with E-state index >= 15 is 0 Å². The molecule has 0 aromatic rings. The normalized spacial score (nSPS) is 23.1. The monoisotopic (exact) mass is 185 g/mol. The molecular weight excluding hydrogens is 170 g/mol. The summed E-state index contributed by atoms with van der Waals surface area (Å²) in [5.41, 5.74) is 0. The molecule has 1 aliphatic rings. The second-order valence-electron chi connectivity index (χ2n) is 3.16. The molecule has 74 valence electrons. The number of piperidine rings is 1. The molecule has 4 heteroatoms. The van der Waals surface area contributed by atoms with Gasteiger partial charge in [-0.3, -0.25) is 9.59 Å². The summed E-state index contributed by atoms with van der Waals surface area (Å²) in [7, 11) is 0. The smallest absolute Gasteiger partial charge is 0.303 e. The molecule has 0 aromatic carbocycles. The van der Waals surface area contributed by atoms with E-state index in [1.54, 1.807) is 4.90 Å². The van der Waals surface area contributed by atoms with Crippen molar-refractivity contribution in [1.29, 1.82) is 0 Å². The number of carbonyl (C=O) groups excluding carboxylic acids is 2. The summed E-state index contributed by atoms with van der Waals surface area (Å²) in [6.07, 6.45) is 1.04. The Bertz CT molecular complexity index is 215. The quantitative estimate of drug-likeness (QED) is 0.590. The van der Waals surface area contributed by atoms with Crippen LogP contribution in [0, 0.1) is 0 Å². The third-order valence-electron chi connectivity index (χ3n) is 2.17. The molecule has 0 saturated carbocycles. The Morgan fingerprint density at radius 1 is 1.69 bits per heavy atom. The molecule has 1 rings (SSSR count). The molecule has 13 heavy (non-hydrogen) atoms. The number of amides is 1. The van der Waals surface area contributed by atoms with E-state index in [1.165, 1.54) is 6.92 Å². The fraction of sp³-hybridized carbons (Fsp3) is 0.778. The van der Waals surface area contributed by atoms with Gasteiger partial charge in [0.05, 0.1) is 0 Å². The molecule has 0 spiro atoms. The van der Waals surface area contributed by atoms with Crippen molar-refractivity contribution in [2.45, 2.75) is 32.8 Å². The summed E-state index contributed by atoms with van der Waals surface area (Å²) in [5, 5.41) is 0. The molecule has 1 aliphatic heterocycles. The molecule has 0 aromatic heterocycles. The first-order chi connectivity index (χ1) is 6.15. The van der Waals surface area contributed by atoms with Gasteiger partial charge >= 0.3 is 5.97 Å². The van der Waals surface area contributed by atoms with Crippen LogP contribution in [0.5, 0.6) is 0 Å². The topological polar surface area (TPSA) is 46.6 Å². The summed E-state index contributed by atoms with van der Waals surface area (Å²) in [4.78, 5) is 23.9. The summed E-state index contributed by atoms with van der Waals surface area (Å²) in [6.45, 7) is 4.73. The van der Waals surface area contributed by atoms with Crippen LogP contribution in [-0.4, -0.2) is 36.0 Å². The lowest BCUT2D eigenvalue weighted by Crippen LogP contribution is -2.45. The van der Waals surface area contributed by atoms with Gasteiger partial charge in [-0.15, -0.1) is 0 Å². The number of carbonyl (C=O) groups is 2. The molecular formula is C9H15NO3. The number of hydrogen-bond acceptors (Lipinski definition) is 3. The Kier molecular flexibility index (Phi) is 3.28. The molecule has 0 N–H and O–H groups in total. The highest BCUT2D eigenvalue weighted by Crippen LogP contribution is 2.14. The Balaban J connectivity index is 2.54. The van der Waals surface area contributed by atoms with Crippen molar-refractivity contribution >= 4 is 11.9 Å². The molecule has 0 bridgehead atoms. The van der Waals surface area contributed by atoms with Crippen LogP contribution in [0.3, 0.4) is 0 Å². The van der Waals surface area contributed by atoms with E-state index in [0.717, 1.165) is 13.0 Å². The Morgan fingerprint density at radius 3 is 2.92 bits per heavy atom. The number of hydrogen-bond donors (Lipinski definition) is 0. The zero-order valence-electron chi connectivity index (χ0n) is 8.08. The lowest BCUT2D eigenvalue weighted by atomic mass is 10.1. The summed E-state index contributed by atoms with van der Waals surface area (Å²) < 4.78 is 4.91. The van der Waals surface area contributed by atoms with Crippen molar-refractivity contribution < 1.29 is 14.3 Å². The predicted molar refractivity (Wildman–Crippen MR) is 47.0 cm³/mol. The lowest BCUT2D eigenvalue weighted by molar-refractivity contribution is -0.161. The first-order valence-corrected chi connectivity index (χ1v) is 4.61. The second-order valence-corrected chi connectivity index (χ2v) is 3.16. The predicted octanol–water partition coefficient (Wildman–Crippen LogP) is 0.560. The number of likely N-dealkylation sites (N-methyl/N-ethyl adjacent to an activating group) is 1. The van der Waals surface area contributed by atoms with Crippen LogP contribution in [0.4, 0.5) is 0 Å². The molecule has 1 unspecified atom stereocenters. The average Bonchev–Trinajstić information content (AvgIpc) is 2.08. The fourth-order valence-electron chi connectivity index (χ4n) is 1.53. The number of nitrogens with zero attached hydrogens (tertiary/aromatic N) is 1. The number of ether oxygens (including phenoxy) is 1. The highest BCUT2D eigenvalue weighted by atomic mass is 16.5. The van der Waals surface area contributed by atoms with Crippen molar-refractivity contribution in [1.82, 2.24) is 4.90 Å². The number of esters is 1. The molecule has 1 heterocycles. The van der Waals surface area contributed by atoms with Crippen molar-refractivity contribution in [3.05, 3.63) is 0 Å². The Hall–Kier alpha value is -1.06. The SMILES string of the molecule is CCN1CCCC(OC(C)=O)C1=O. The zero-order valence-corrected chi connectivity index (χ0v) is 8.08. The van der Waals surface area contributed by atoms with Gasteiger partial charge in [-0.2, -0.15) is 0 Å². The van der Waals surface area contributed by atoms with Crippen LogP contribution < -0.4 is 0 Å². The maximum absolute atomic E-state index is 11.5. The second kappa shape index (κ2) is 4.25. The van der Waals surface area contributed by atoms with Crippen molar-refractivity contribution in [2.24, 2.45) is 0 Å². The van der Waals surface area contributed by atoms with E-state index in [-0.39, 0.29) is 11.9 Å². The Labute approximate surface area is 77.8 Å². The average molecular weight is 185 g/mol. The minimum atomic E-state index is -0.536. The van der Waals surface area contributed by atoms with Gasteiger partial charge in [-0.1, -0.05) is 0 Å². The van der Waals surface area contributed by atoms with E-state index in [2.05, 4.69) is 0 Å². The summed E-state index contributed by atoms with van der Waals surface area (Å²) in [5.74, 6) is -0.430. The largest absolute Gasteiger partial charge is 0.452 e. The van der Waals surface area contributed by atoms with Gasteiger partial charge in [0.2, 0.25) is 0 Å².